The molecule has 0 radical (unpaired) electrons. The van der Waals surface area contributed by atoms with Gasteiger partial charge in [0.25, 0.3) is 0 Å². The Morgan fingerprint density at radius 1 is 1.38 bits per heavy atom. The van der Waals surface area contributed by atoms with Crippen molar-refractivity contribution in [3.05, 3.63) is 28.2 Å². The predicted molar refractivity (Wildman–Crippen MR) is 66.2 cm³/mol. The molecule has 1 aromatic rings. The minimum absolute atomic E-state index is 0.00948. The summed E-state index contributed by atoms with van der Waals surface area (Å²) in [5.41, 5.74) is 1.76. The summed E-state index contributed by atoms with van der Waals surface area (Å²) >= 11 is 3.38. The van der Waals surface area contributed by atoms with Crippen molar-refractivity contribution in [2.24, 2.45) is 0 Å². The maximum atomic E-state index is 11.4. The topological polar surface area (TPSA) is 58.2 Å². The largest absolute Gasteiger partial charge is 0.347 e. The van der Waals surface area contributed by atoms with Gasteiger partial charge < -0.3 is 10.6 Å². The molecule has 0 bridgehead atoms. The number of aryl methyl sites for hydroxylation is 1. The zero-order chi connectivity index (χ0) is 12.1. The molecule has 2 amide bonds. The van der Waals surface area contributed by atoms with E-state index in [1.165, 1.54) is 6.92 Å². The molecule has 1 rings (SSSR count). The van der Waals surface area contributed by atoms with E-state index in [1.54, 1.807) is 6.07 Å². The maximum absolute atomic E-state index is 11.4. The van der Waals surface area contributed by atoms with Gasteiger partial charge in [-0.2, -0.15) is 0 Å². The molecule has 0 aliphatic rings. The highest BCUT2D eigenvalue weighted by molar-refractivity contribution is 9.10. The monoisotopic (exact) mass is 284 g/mol. The van der Waals surface area contributed by atoms with Gasteiger partial charge in [-0.1, -0.05) is 15.9 Å². The van der Waals surface area contributed by atoms with Crippen LogP contribution in [0.2, 0.25) is 0 Å². The zero-order valence-corrected chi connectivity index (χ0v) is 10.7. The molecule has 0 aliphatic carbocycles. The minimum Gasteiger partial charge on any atom is -0.347 e. The van der Waals surface area contributed by atoms with Gasteiger partial charge in [-0.15, -0.1) is 0 Å². The second-order valence-electron chi connectivity index (χ2n) is 3.42. The SMILES string of the molecule is CC(=O)NCC(=O)Nc1ccc(Br)c(C)c1. The van der Waals surface area contributed by atoms with Crippen LogP contribution >= 0.6 is 15.9 Å². The second kappa shape index (κ2) is 5.65. The number of carbonyl (C=O) groups excluding carboxylic acids is 2. The Hall–Kier alpha value is -1.36. The molecule has 2 N–H and O–H groups in total. The Morgan fingerprint density at radius 3 is 2.62 bits per heavy atom. The van der Waals surface area contributed by atoms with Crippen LogP contribution < -0.4 is 10.6 Å². The Balaban J connectivity index is 2.56. The van der Waals surface area contributed by atoms with E-state index in [0.29, 0.717) is 0 Å². The summed E-state index contributed by atoms with van der Waals surface area (Å²) in [6.07, 6.45) is 0. The molecule has 0 fully saturated rings. The number of amides is 2. The van der Waals surface area contributed by atoms with Crippen molar-refractivity contribution in [2.45, 2.75) is 13.8 Å². The van der Waals surface area contributed by atoms with Gasteiger partial charge in [-0.25, -0.2) is 0 Å². The molecule has 0 saturated heterocycles. The number of rotatable bonds is 3. The van der Waals surface area contributed by atoms with Crippen LogP contribution in [0.3, 0.4) is 0 Å². The predicted octanol–water partition coefficient (Wildman–Crippen LogP) is 1.83. The molecule has 0 heterocycles. The highest BCUT2D eigenvalue weighted by Crippen LogP contribution is 2.19. The van der Waals surface area contributed by atoms with Gasteiger partial charge in [0.05, 0.1) is 6.54 Å². The van der Waals surface area contributed by atoms with E-state index >= 15 is 0 Å². The third kappa shape index (κ3) is 4.02. The lowest BCUT2D eigenvalue weighted by Gasteiger charge is -2.07. The molecule has 0 unspecified atom stereocenters. The van der Waals surface area contributed by atoms with Crippen LogP contribution in [0.5, 0.6) is 0 Å². The summed E-state index contributed by atoms with van der Waals surface area (Å²) < 4.78 is 0.993. The first-order valence-corrected chi connectivity index (χ1v) is 5.59. The molecule has 0 aromatic heterocycles. The van der Waals surface area contributed by atoms with Crippen LogP contribution in [-0.4, -0.2) is 18.4 Å². The molecule has 5 heteroatoms. The van der Waals surface area contributed by atoms with Crippen molar-refractivity contribution in [3.8, 4) is 0 Å². The van der Waals surface area contributed by atoms with Crippen LogP contribution in [-0.2, 0) is 9.59 Å². The Bertz CT molecular complexity index is 418. The number of benzene rings is 1. The normalized spacial score (nSPS) is 9.69. The first kappa shape index (κ1) is 12.7. The molecular weight excluding hydrogens is 272 g/mol. The summed E-state index contributed by atoms with van der Waals surface area (Å²) in [6.45, 7) is 3.30. The molecule has 0 spiro atoms. The van der Waals surface area contributed by atoms with E-state index in [0.717, 1.165) is 15.7 Å². The van der Waals surface area contributed by atoms with Crippen molar-refractivity contribution in [3.63, 3.8) is 0 Å². The fourth-order valence-electron chi connectivity index (χ4n) is 1.13. The summed E-state index contributed by atoms with van der Waals surface area (Å²) in [6, 6.07) is 5.52. The Morgan fingerprint density at radius 2 is 2.06 bits per heavy atom. The van der Waals surface area contributed by atoms with Crippen molar-refractivity contribution in [1.29, 1.82) is 0 Å². The molecule has 0 aliphatic heterocycles. The van der Waals surface area contributed by atoms with Gasteiger partial charge in [0.1, 0.15) is 0 Å². The van der Waals surface area contributed by atoms with Crippen molar-refractivity contribution >= 4 is 33.4 Å². The van der Waals surface area contributed by atoms with E-state index in [-0.39, 0.29) is 18.4 Å². The molecule has 0 saturated carbocycles. The lowest BCUT2D eigenvalue weighted by atomic mass is 10.2. The second-order valence-corrected chi connectivity index (χ2v) is 4.28. The van der Waals surface area contributed by atoms with E-state index in [9.17, 15) is 9.59 Å². The number of hydrogen-bond donors (Lipinski definition) is 2. The number of halogens is 1. The van der Waals surface area contributed by atoms with Gasteiger partial charge in [-0.3, -0.25) is 9.59 Å². The third-order valence-corrected chi connectivity index (χ3v) is 2.83. The van der Waals surface area contributed by atoms with Crippen molar-refractivity contribution < 1.29 is 9.59 Å². The Labute approximate surface area is 103 Å². The zero-order valence-electron chi connectivity index (χ0n) is 9.13. The van der Waals surface area contributed by atoms with E-state index in [1.807, 2.05) is 19.1 Å². The molecule has 4 nitrogen and oxygen atoms in total. The quantitative estimate of drug-likeness (QED) is 0.890. The van der Waals surface area contributed by atoms with Crippen molar-refractivity contribution in [1.82, 2.24) is 5.32 Å². The third-order valence-electron chi connectivity index (χ3n) is 1.94. The van der Waals surface area contributed by atoms with Crippen LogP contribution in [0.25, 0.3) is 0 Å². The summed E-state index contributed by atoms with van der Waals surface area (Å²) in [5.74, 6) is -0.459. The number of hydrogen-bond acceptors (Lipinski definition) is 2. The first-order chi connectivity index (χ1) is 7.49. The average molecular weight is 285 g/mol. The lowest BCUT2D eigenvalue weighted by Crippen LogP contribution is -2.31. The first-order valence-electron chi connectivity index (χ1n) is 4.79. The summed E-state index contributed by atoms with van der Waals surface area (Å²) in [4.78, 5) is 22.0. The molecule has 16 heavy (non-hydrogen) atoms. The van der Waals surface area contributed by atoms with Crippen LogP contribution in [0, 0.1) is 6.92 Å². The van der Waals surface area contributed by atoms with E-state index in [2.05, 4.69) is 26.6 Å². The van der Waals surface area contributed by atoms with E-state index in [4.69, 9.17) is 0 Å². The fourth-order valence-corrected chi connectivity index (χ4v) is 1.38. The highest BCUT2D eigenvalue weighted by atomic mass is 79.9. The minimum atomic E-state index is -0.239. The highest BCUT2D eigenvalue weighted by Gasteiger charge is 2.03. The van der Waals surface area contributed by atoms with Crippen LogP contribution in [0.4, 0.5) is 5.69 Å². The standard InChI is InChI=1S/C11H13BrN2O2/c1-7-5-9(3-4-10(7)12)14-11(16)6-13-8(2)15/h3-5H,6H2,1-2H3,(H,13,15)(H,14,16). The number of carbonyl (C=O) groups is 2. The smallest absolute Gasteiger partial charge is 0.243 e. The van der Waals surface area contributed by atoms with Gasteiger partial charge >= 0.3 is 0 Å². The van der Waals surface area contributed by atoms with Crippen molar-refractivity contribution in [2.75, 3.05) is 11.9 Å². The summed E-state index contributed by atoms with van der Waals surface area (Å²) in [7, 11) is 0. The molecular formula is C11H13BrN2O2. The van der Waals surface area contributed by atoms with Gasteiger partial charge in [-0.05, 0) is 30.7 Å². The van der Waals surface area contributed by atoms with Gasteiger partial charge in [0, 0.05) is 17.1 Å². The summed E-state index contributed by atoms with van der Waals surface area (Å²) in [5, 5.41) is 5.12. The maximum Gasteiger partial charge on any atom is 0.243 e. The number of nitrogens with one attached hydrogen (secondary N) is 2. The van der Waals surface area contributed by atoms with Gasteiger partial charge in [0.15, 0.2) is 0 Å². The lowest BCUT2D eigenvalue weighted by molar-refractivity contribution is -0.122. The Kier molecular flexibility index (Phi) is 4.49. The molecule has 0 atom stereocenters. The van der Waals surface area contributed by atoms with Crippen LogP contribution in [0.1, 0.15) is 12.5 Å². The fraction of sp³-hybridized carbons (Fsp3) is 0.273. The molecule has 1 aromatic carbocycles. The van der Waals surface area contributed by atoms with Crippen LogP contribution in [0.15, 0.2) is 22.7 Å². The van der Waals surface area contributed by atoms with E-state index < -0.39 is 0 Å². The average Bonchev–Trinajstić information content (AvgIpc) is 2.21. The number of anilines is 1. The molecule has 86 valence electrons. The van der Waals surface area contributed by atoms with Gasteiger partial charge in [0.2, 0.25) is 11.8 Å².